The number of nitrogens with zero attached hydrogens (tertiary/aromatic N) is 2. The number of benzene rings is 2. The Labute approximate surface area is 152 Å². The van der Waals surface area contributed by atoms with Gasteiger partial charge in [0, 0.05) is 28.8 Å². The second-order valence-electron chi connectivity index (χ2n) is 5.83. The lowest BCUT2D eigenvalue weighted by Crippen LogP contribution is -2.08. The topological polar surface area (TPSA) is 63.8 Å². The van der Waals surface area contributed by atoms with E-state index in [2.05, 4.69) is 65.5 Å². The number of hydrogen-bond acceptors (Lipinski definition) is 5. The summed E-state index contributed by atoms with van der Waals surface area (Å²) in [4.78, 5) is 9.97. The van der Waals surface area contributed by atoms with E-state index in [0.717, 1.165) is 29.4 Å². The summed E-state index contributed by atoms with van der Waals surface area (Å²) in [5.74, 6) is 2.00. The molecule has 25 heavy (non-hydrogen) atoms. The van der Waals surface area contributed by atoms with Crippen LogP contribution < -0.4 is 11.1 Å². The minimum Gasteiger partial charge on any atom is -0.369 e. The van der Waals surface area contributed by atoms with Gasteiger partial charge >= 0.3 is 0 Å². The van der Waals surface area contributed by atoms with Crippen LogP contribution in [0.2, 0.25) is 0 Å². The van der Waals surface area contributed by atoms with Crippen molar-refractivity contribution in [3.8, 4) is 11.3 Å². The summed E-state index contributed by atoms with van der Waals surface area (Å²) >= 11 is 1.81. The Morgan fingerprint density at radius 3 is 2.60 bits per heavy atom. The molecule has 3 aromatic rings. The molecule has 2 aromatic carbocycles. The standard InChI is InChI=1S/C20H22N4S/c1-14-7-6-10-17(15(14)2)18-13-19(24-20(21)23-18)22-11-12-25-16-8-4-3-5-9-16/h3-10,13H,11-12H2,1-2H3,(H3,21,22,23,24). The summed E-state index contributed by atoms with van der Waals surface area (Å²) < 4.78 is 0. The number of nitrogen functional groups attached to an aromatic ring is 1. The highest BCUT2D eigenvalue weighted by Gasteiger charge is 2.08. The van der Waals surface area contributed by atoms with Crippen LogP contribution in [-0.4, -0.2) is 22.3 Å². The average Bonchev–Trinajstić information content (AvgIpc) is 2.61. The molecule has 0 saturated carbocycles. The molecule has 0 radical (unpaired) electrons. The first-order valence-electron chi connectivity index (χ1n) is 8.26. The van der Waals surface area contributed by atoms with Crippen molar-refractivity contribution in [2.45, 2.75) is 18.7 Å². The molecule has 1 heterocycles. The van der Waals surface area contributed by atoms with Gasteiger partial charge in [-0.3, -0.25) is 0 Å². The fourth-order valence-electron chi connectivity index (χ4n) is 2.59. The second kappa shape index (κ2) is 8.03. The third-order valence-electron chi connectivity index (χ3n) is 4.04. The molecule has 0 fully saturated rings. The van der Waals surface area contributed by atoms with Crippen LogP contribution in [0.4, 0.5) is 11.8 Å². The summed E-state index contributed by atoms with van der Waals surface area (Å²) in [6.45, 7) is 5.01. The molecule has 0 spiro atoms. The Morgan fingerprint density at radius 1 is 1.00 bits per heavy atom. The second-order valence-corrected chi connectivity index (χ2v) is 7.00. The molecule has 3 N–H and O–H groups in total. The minimum atomic E-state index is 0.289. The van der Waals surface area contributed by atoms with Crippen LogP contribution in [-0.2, 0) is 0 Å². The molecule has 0 unspecified atom stereocenters. The van der Waals surface area contributed by atoms with Gasteiger partial charge in [0.1, 0.15) is 5.82 Å². The van der Waals surface area contributed by atoms with Crippen molar-refractivity contribution in [3.05, 3.63) is 65.7 Å². The zero-order chi connectivity index (χ0) is 17.6. The Bertz CT molecular complexity index is 850. The van der Waals surface area contributed by atoms with Crippen LogP contribution in [0.3, 0.4) is 0 Å². The van der Waals surface area contributed by atoms with Gasteiger partial charge in [0.25, 0.3) is 0 Å². The van der Waals surface area contributed by atoms with Crippen molar-refractivity contribution in [1.29, 1.82) is 0 Å². The van der Waals surface area contributed by atoms with Gasteiger partial charge in [0.05, 0.1) is 5.69 Å². The molecule has 0 aliphatic carbocycles. The zero-order valence-corrected chi connectivity index (χ0v) is 15.3. The zero-order valence-electron chi connectivity index (χ0n) is 14.5. The number of aryl methyl sites for hydroxylation is 1. The normalized spacial score (nSPS) is 10.6. The van der Waals surface area contributed by atoms with E-state index in [0.29, 0.717) is 0 Å². The summed E-state index contributed by atoms with van der Waals surface area (Å²) in [5, 5.41) is 3.35. The van der Waals surface area contributed by atoms with Gasteiger partial charge in [-0.25, -0.2) is 4.98 Å². The van der Waals surface area contributed by atoms with Crippen LogP contribution in [0, 0.1) is 13.8 Å². The largest absolute Gasteiger partial charge is 0.369 e. The summed E-state index contributed by atoms with van der Waals surface area (Å²) in [7, 11) is 0. The van der Waals surface area contributed by atoms with E-state index in [1.807, 2.05) is 30.0 Å². The maximum atomic E-state index is 5.91. The van der Waals surface area contributed by atoms with E-state index < -0.39 is 0 Å². The molecule has 0 bridgehead atoms. The molecule has 0 aliphatic rings. The van der Waals surface area contributed by atoms with Gasteiger partial charge in [-0.15, -0.1) is 11.8 Å². The predicted octanol–water partition coefficient (Wildman–Crippen LogP) is 4.55. The molecular formula is C20H22N4S. The van der Waals surface area contributed by atoms with Gasteiger partial charge in [0.2, 0.25) is 5.95 Å². The van der Waals surface area contributed by atoms with Gasteiger partial charge < -0.3 is 11.1 Å². The number of anilines is 2. The summed E-state index contributed by atoms with van der Waals surface area (Å²) in [5.41, 5.74) is 10.3. The van der Waals surface area contributed by atoms with Crippen LogP contribution in [0.5, 0.6) is 0 Å². The maximum Gasteiger partial charge on any atom is 0.222 e. The predicted molar refractivity (Wildman–Crippen MR) is 107 cm³/mol. The Kier molecular flexibility index (Phi) is 5.56. The fourth-order valence-corrected chi connectivity index (χ4v) is 3.38. The van der Waals surface area contributed by atoms with E-state index in [1.165, 1.54) is 16.0 Å². The lowest BCUT2D eigenvalue weighted by Gasteiger charge is -2.11. The van der Waals surface area contributed by atoms with Crippen molar-refractivity contribution < 1.29 is 0 Å². The van der Waals surface area contributed by atoms with Crippen molar-refractivity contribution in [1.82, 2.24) is 9.97 Å². The van der Waals surface area contributed by atoms with Gasteiger partial charge in [-0.2, -0.15) is 4.98 Å². The molecule has 5 heteroatoms. The first-order chi connectivity index (χ1) is 12.1. The molecule has 0 aliphatic heterocycles. The number of nitrogens with one attached hydrogen (secondary N) is 1. The summed E-state index contributed by atoms with van der Waals surface area (Å²) in [6, 6.07) is 18.5. The smallest absolute Gasteiger partial charge is 0.222 e. The molecule has 0 atom stereocenters. The van der Waals surface area contributed by atoms with Crippen LogP contribution in [0.25, 0.3) is 11.3 Å². The van der Waals surface area contributed by atoms with Crippen LogP contribution in [0.1, 0.15) is 11.1 Å². The van der Waals surface area contributed by atoms with Crippen molar-refractivity contribution in [2.75, 3.05) is 23.3 Å². The number of hydrogen-bond donors (Lipinski definition) is 2. The number of rotatable bonds is 6. The molecule has 4 nitrogen and oxygen atoms in total. The third kappa shape index (κ3) is 4.51. The third-order valence-corrected chi connectivity index (χ3v) is 5.06. The van der Waals surface area contributed by atoms with Gasteiger partial charge in [-0.1, -0.05) is 36.4 Å². The highest BCUT2D eigenvalue weighted by molar-refractivity contribution is 7.99. The number of aromatic nitrogens is 2. The van der Waals surface area contributed by atoms with Crippen molar-refractivity contribution in [3.63, 3.8) is 0 Å². The van der Waals surface area contributed by atoms with Crippen LogP contribution in [0.15, 0.2) is 59.5 Å². The Balaban J connectivity index is 1.68. The maximum absolute atomic E-state index is 5.91. The number of thioether (sulfide) groups is 1. The van der Waals surface area contributed by atoms with Crippen molar-refractivity contribution >= 4 is 23.5 Å². The molecule has 128 valence electrons. The minimum absolute atomic E-state index is 0.289. The lowest BCUT2D eigenvalue weighted by molar-refractivity contribution is 1.13. The molecule has 1 aromatic heterocycles. The van der Waals surface area contributed by atoms with E-state index in [1.54, 1.807) is 0 Å². The SMILES string of the molecule is Cc1cccc(-c2cc(NCCSc3ccccc3)nc(N)n2)c1C. The molecule has 0 saturated heterocycles. The molecule has 0 amide bonds. The Hall–Kier alpha value is -2.53. The molecule has 3 rings (SSSR count). The average molecular weight is 350 g/mol. The van der Waals surface area contributed by atoms with Gasteiger partial charge in [0.15, 0.2) is 0 Å². The number of nitrogens with two attached hydrogens (primary N) is 1. The van der Waals surface area contributed by atoms with E-state index in [-0.39, 0.29) is 5.95 Å². The van der Waals surface area contributed by atoms with Crippen LogP contribution >= 0.6 is 11.8 Å². The fraction of sp³-hybridized carbons (Fsp3) is 0.200. The quantitative estimate of drug-likeness (QED) is 0.504. The van der Waals surface area contributed by atoms with E-state index >= 15 is 0 Å². The van der Waals surface area contributed by atoms with E-state index in [9.17, 15) is 0 Å². The highest BCUT2D eigenvalue weighted by Crippen LogP contribution is 2.26. The first-order valence-corrected chi connectivity index (χ1v) is 9.25. The first kappa shape index (κ1) is 17.3. The van der Waals surface area contributed by atoms with Gasteiger partial charge in [-0.05, 0) is 37.1 Å². The van der Waals surface area contributed by atoms with E-state index in [4.69, 9.17) is 5.73 Å². The lowest BCUT2D eigenvalue weighted by atomic mass is 10.0. The monoisotopic (exact) mass is 350 g/mol. The summed E-state index contributed by atoms with van der Waals surface area (Å²) in [6.07, 6.45) is 0. The Morgan fingerprint density at radius 2 is 1.80 bits per heavy atom. The highest BCUT2D eigenvalue weighted by atomic mass is 32.2. The van der Waals surface area contributed by atoms with Crippen molar-refractivity contribution in [2.24, 2.45) is 0 Å². The molecular weight excluding hydrogens is 328 g/mol.